The van der Waals surface area contributed by atoms with E-state index in [-0.39, 0.29) is 17.6 Å². The van der Waals surface area contributed by atoms with Crippen LogP contribution in [0.3, 0.4) is 0 Å². The van der Waals surface area contributed by atoms with Gasteiger partial charge < -0.3 is 4.90 Å². The zero-order chi connectivity index (χ0) is 22.1. The fourth-order valence-corrected chi connectivity index (χ4v) is 4.77. The minimum absolute atomic E-state index is 0.149. The first-order valence-electron chi connectivity index (χ1n) is 10.3. The van der Waals surface area contributed by atoms with E-state index in [1.165, 1.54) is 23.5 Å². The maximum atomic E-state index is 13.3. The van der Waals surface area contributed by atoms with Crippen LogP contribution in [0.25, 0.3) is 21.3 Å². The molecule has 8 heteroatoms. The molecule has 32 heavy (non-hydrogen) atoms. The Labute approximate surface area is 187 Å². The lowest BCUT2D eigenvalue weighted by atomic mass is 10.0. The number of fused-ring (bicyclic) bond motifs is 1. The van der Waals surface area contributed by atoms with Gasteiger partial charge in [0, 0.05) is 17.7 Å². The van der Waals surface area contributed by atoms with Crippen LogP contribution < -0.4 is 5.32 Å². The number of benzene rings is 3. The van der Waals surface area contributed by atoms with Crippen molar-refractivity contribution in [2.24, 2.45) is 0 Å². The minimum Gasteiger partial charge on any atom is -0.327 e. The van der Waals surface area contributed by atoms with Crippen LogP contribution in [0, 0.1) is 5.82 Å². The Hall–Kier alpha value is -3.65. The van der Waals surface area contributed by atoms with Gasteiger partial charge in [0.2, 0.25) is 11.0 Å². The number of carbonyl (C=O) groups is 2. The average Bonchev–Trinajstić information content (AvgIpc) is 3.49. The number of hydrogen-bond acceptors (Lipinski definition) is 5. The number of anilines is 1. The van der Waals surface area contributed by atoms with Gasteiger partial charge in [-0.3, -0.25) is 14.9 Å². The number of halogens is 1. The minimum atomic E-state index is -0.570. The van der Waals surface area contributed by atoms with E-state index in [0.29, 0.717) is 28.7 Å². The lowest BCUT2D eigenvalue weighted by molar-refractivity contribution is -0.119. The maximum Gasteiger partial charge on any atom is 0.255 e. The summed E-state index contributed by atoms with van der Waals surface area (Å²) in [5.74, 6) is -0.759. The Balaban J connectivity index is 1.34. The molecule has 1 aliphatic heterocycles. The number of carbonyl (C=O) groups excluding carboxylic acids is 2. The van der Waals surface area contributed by atoms with Crippen LogP contribution in [0.15, 0.2) is 66.7 Å². The topological polar surface area (TPSA) is 75.2 Å². The summed E-state index contributed by atoms with van der Waals surface area (Å²) in [5, 5.41) is 13.7. The van der Waals surface area contributed by atoms with Crippen LogP contribution in [-0.4, -0.2) is 39.5 Å². The summed E-state index contributed by atoms with van der Waals surface area (Å²) in [7, 11) is 0. The largest absolute Gasteiger partial charge is 0.327 e. The predicted octanol–water partition coefficient (Wildman–Crippen LogP) is 4.74. The van der Waals surface area contributed by atoms with E-state index >= 15 is 0 Å². The molecule has 1 aliphatic rings. The van der Waals surface area contributed by atoms with Crippen LogP contribution in [0.4, 0.5) is 9.52 Å². The summed E-state index contributed by atoms with van der Waals surface area (Å²) in [6, 6.07) is 18.7. The highest BCUT2D eigenvalue weighted by molar-refractivity contribution is 7.18. The summed E-state index contributed by atoms with van der Waals surface area (Å²) >= 11 is 1.21. The summed E-state index contributed by atoms with van der Waals surface area (Å²) in [4.78, 5) is 28.0. The van der Waals surface area contributed by atoms with E-state index in [0.717, 1.165) is 22.8 Å². The molecule has 1 saturated heterocycles. The Morgan fingerprint density at radius 3 is 2.62 bits per heavy atom. The Morgan fingerprint density at radius 2 is 1.78 bits per heavy atom. The number of nitrogens with zero attached hydrogens (tertiary/aromatic N) is 3. The molecule has 0 aliphatic carbocycles. The second-order valence-electron chi connectivity index (χ2n) is 7.59. The van der Waals surface area contributed by atoms with E-state index in [4.69, 9.17) is 0 Å². The van der Waals surface area contributed by atoms with Crippen LogP contribution in [0.2, 0.25) is 0 Å². The molecular formula is C24H19FN4O2S. The number of rotatable bonds is 4. The monoisotopic (exact) mass is 446 g/mol. The predicted molar refractivity (Wildman–Crippen MR) is 122 cm³/mol. The number of likely N-dealkylation sites (tertiary alicyclic amines) is 1. The zero-order valence-electron chi connectivity index (χ0n) is 17.0. The van der Waals surface area contributed by atoms with Gasteiger partial charge >= 0.3 is 0 Å². The van der Waals surface area contributed by atoms with Crippen molar-refractivity contribution in [2.45, 2.75) is 18.9 Å². The Bertz CT molecular complexity index is 1300. The molecule has 1 aromatic heterocycles. The fraction of sp³-hybridized carbons (Fsp3) is 0.167. The van der Waals surface area contributed by atoms with Gasteiger partial charge in [-0.05, 0) is 53.9 Å². The van der Waals surface area contributed by atoms with Gasteiger partial charge in [-0.15, -0.1) is 10.2 Å². The molecule has 160 valence electrons. The van der Waals surface area contributed by atoms with Crippen molar-refractivity contribution in [1.29, 1.82) is 0 Å². The van der Waals surface area contributed by atoms with Crippen LogP contribution in [0.5, 0.6) is 0 Å². The standard InChI is InChI=1S/C24H19FN4O2S/c25-17-12-10-16(11-13-17)22-27-28-24(32-22)26-21(30)20-9-4-14-29(20)23(31)19-8-3-6-15-5-1-2-7-18(15)19/h1-3,5-8,10-13,20H,4,9,14H2,(H,26,28,30). The number of aromatic nitrogens is 2. The summed E-state index contributed by atoms with van der Waals surface area (Å²) in [5.41, 5.74) is 1.32. The van der Waals surface area contributed by atoms with Crippen molar-refractivity contribution >= 4 is 39.1 Å². The number of amides is 2. The molecule has 0 saturated carbocycles. The van der Waals surface area contributed by atoms with E-state index in [9.17, 15) is 14.0 Å². The van der Waals surface area contributed by atoms with E-state index in [1.54, 1.807) is 23.1 Å². The molecule has 0 radical (unpaired) electrons. The van der Waals surface area contributed by atoms with E-state index in [2.05, 4.69) is 15.5 Å². The van der Waals surface area contributed by atoms with E-state index in [1.807, 2.05) is 36.4 Å². The summed E-state index contributed by atoms with van der Waals surface area (Å²) < 4.78 is 13.1. The molecule has 3 aromatic carbocycles. The van der Waals surface area contributed by atoms with Gasteiger partial charge in [0.15, 0.2) is 0 Å². The smallest absolute Gasteiger partial charge is 0.255 e. The first-order chi connectivity index (χ1) is 15.6. The second kappa shape index (κ2) is 8.47. The molecule has 1 fully saturated rings. The normalized spacial score (nSPS) is 15.8. The molecule has 2 heterocycles. The van der Waals surface area contributed by atoms with Gasteiger partial charge in [0.05, 0.1) is 0 Å². The van der Waals surface area contributed by atoms with Gasteiger partial charge in [0.25, 0.3) is 5.91 Å². The molecular weight excluding hydrogens is 427 g/mol. The third-order valence-corrected chi connectivity index (χ3v) is 6.47. The van der Waals surface area contributed by atoms with Gasteiger partial charge in [-0.1, -0.05) is 47.7 Å². The molecule has 1 N–H and O–H groups in total. The lowest BCUT2D eigenvalue weighted by Gasteiger charge is -2.24. The molecule has 2 amide bonds. The first kappa shape index (κ1) is 20.3. The molecule has 0 spiro atoms. The van der Waals surface area contributed by atoms with Crippen molar-refractivity contribution < 1.29 is 14.0 Å². The molecule has 5 rings (SSSR count). The third-order valence-electron chi connectivity index (χ3n) is 5.58. The molecule has 6 nitrogen and oxygen atoms in total. The zero-order valence-corrected chi connectivity index (χ0v) is 17.8. The highest BCUT2D eigenvalue weighted by Crippen LogP contribution is 2.29. The van der Waals surface area contributed by atoms with Gasteiger partial charge in [-0.25, -0.2) is 4.39 Å². The summed E-state index contributed by atoms with van der Waals surface area (Å²) in [6.45, 7) is 0.525. The van der Waals surface area contributed by atoms with Crippen LogP contribution in [-0.2, 0) is 4.79 Å². The second-order valence-corrected chi connectivity index (χ2v) is 8.57. The molecule has 1 atom stereocenters. The summed E-state index contributed by atoms with van der Waals surface area (Å²) in [6.07, 6.45) is 1.34. The van der Waals surface area contributed by atoms with Gasteiger partial charge in [0.1, 0.15) is 16.9 Å². The van der Waals surface area contributed by atoms with Crippen LogP contribution >= 0.6 is 11.3 Å². The van der Waals surface area contributed by atoms with Gasteiger partial charge in [-0.2, -0.15) is 0 Å². The molecule has 1 unspecified atom stereocenters. The average molecular weight is 447 g/mol. The quantitative estimate of drug-likeness (QED) is 0.491. The number of nitrogens with one attached hydrogen (secondary N) is 1. The maximum absolute atomic E-state index is 13.3. The SMILES string of the molecule is O=C(Nc1nnc(-c2ccc(F)cc2)s1)C1CCCN1C(=O)c1cccc2ccccc12. The van der Waals surface area contributed by atoms with Crippen molar-refractivity contribution in [1.82, 2.24) is 15.1 Å². The van der Waals surface area contributed by atoms with Crippen molar-refractivity contribution in [3.63, 3.8) is 0 Å². The van der Waals surface area contributed by atoms with Crippen LogP contribution in [0.1, 0.15) is 23.2 Å². The molecule has 4 aromatic rings. The highest BCUT2D eigenvalue weighted by atomic mass is 32.1. The van der Waals surface area contributed by atoms with Crippen molar-refractivity contribution in [3.8, 4) is 10.6 Å². The van der Waals surface area contributed by atoms with Crippen molar-refractivity contribution in [3.05, 3.63) is 78.1 Å². The molecule has 0 bridgehead atoms. The third kappa shape index (κ3) is 3.85. The Kier molecular flexibility index (Phi) is 5.36. The van der Waals surface area contributed by atoms with Crippen molar-refractivity contribution in [2.75, 3.05) is 11.9 Å². The Morgan fingerprint density at radius 1 is 1.00 bits per heavy atom. The fourth-order valence-electron chi connectivity index (χ4n) is 4.02. The number of hydrogen-bond donors (Lipinski definition) is 1. The highest BCUT2D eigenvalue weighted by Gasteiger charge is 2.35. The lowest BCUT2D eigenvalue weighted by Crippen LogP contribution is -2.43. The van der Waals surface area contributed by atoms with E-state index < -0.39 is 6.04 Å². The first-order valence-corrected chi connectivity index (χ1v) is 11.1.